The molecule has 0 aromatic heterocycles. The van der Waals surface area contributed by atoms with Crippen molar-refractivity contribution in [2.45, 2.75) is 20.0 Å². The Hall–Kier alpha value is -0.0800. The van der Waals surface area contributed by atoms with Crippen LogP contribution in [-0.4, -0.2) is 20.3 Å². The Morgan fingerprint density at radius 2 is 1.38 bits per heavy atom. The molecule has 2 heteroatoms. The molecule has 0 fully saturated rings. The van der Waals surface area contributed by atoms with Gasteiger partial charge in [-0.2, -0.15) is 0 Å². The lowest BCUT2D eigenvalue weighted by atomic mass is 10.1. The zero-order valence-electron chi connectivity index (χ0n) is 6.15. The molecule has 2 nitrogen and oxygen atoms in total. The molecule has 0 unspecified atom stereocenters. The summed E-state index contributed by atoms with van der Waals surface area (Å²) in [4.78, 5) is 0. The van der Waals surface area contributed by atoms with Crippen molar-refractivity contribution in [1.29, 1.82) is 0 Å². The number of rotatable bonds is 3. The van der Waals surface area contributed by atoms with Crippen LogP contribution in [0.25, 0.3) is 0 Å². The molecule has 0 amide bonds. The highest BCUT2D eigenvalue weighted by atomic mass is 15.1. The fraction of sp³-hybridized carbons (Fsp3) is 1.00. The fourth-order valence-electron chi connectivity index (χ4n) is 0.811. The van der Waals surface area contributed by atoms with Crippen LogP contribution < -0.4 is 10.6 Å². The average Bonchev–Trinajstić information content (AvgIpc) is 1.69. The second-order valence-electron chi connectivity index (χ2n) is 2.30. The van der Waals surface area contributed by atoms with Gasteiger partial charge >= 0.3 is 0 Å². The van der Waals surface area contributed by atoms with Crippen LogP contribution in [0.3, 0.4) is 0 Å². The van der Waals surface area contributed by atoms with E-state index < -0.39 is 0 Å². The topological polar surface area (TPSA) is 24.1 Å². The number of hydrogen-bond acceptors (Lipinski definition) is 2. The summed E-state index contributed by atoms with van der Waals surface area (Å²) in [7, 11) is 3.92. The molecule has 50 valence electrons. The minimum atomic E-state index is 0.454. The fourth-order valence-corrected chi connectivity index (χ4v) is 0.811. The van der Waals surface area contributed by atoms with Crippen molar-refractivity contribution >= 4 is 0 Å². The van der Waals surface area contributed by atoms with Gasteiger partial charge in [-0.1, -0.05) is 13.8 Å². The summed E-state index contributed by atoms with van der Waals surface area (Å²) in [6.45, 7) is 4.36. The molecule has 0 spiro atoms. The van der Waals surface area contributed by atoms with Crippen LogP contribution in [-0.2, 0) is 0 Å². The van der Waals surface area contributed by atoms with Crippen LogP contribution in [0.2, 0.25) is 0 Å². The monoisotopic (exact) mass is 116 g/mol. The first-order valence-electron chi connectivity index (χ1n) is 3.07. The van der Waals surface area contributed by atoms with Gasteiger partial charge in [0.25, 0.3) is 0 Å². The highest BCUT2D eigenvalue weighted by Crippen LogP contribution is 1.94. The molecule has 0 heterocycles. The summed E-state index contributed by atoms with van der Waals surface area (Å²) >= 11 is 0. The summed E-state index contributed by atoms with van der Waals surface area (Å²) < 4.78 is 0. The molecule has 0 rings (SSSR count). The smallest absolute Gasteiger partial charge is 0.0590 e. The minimum Gasteiger partial charge on any atom is -0.305 e. The largest absolute Gasteiger partial charge is 0.305 e. The Bertz CT molecular complexity index is 48.5. The van der Waals surface area contributed by atoms with Gasteiger partial charge in [-0.3, -0.25) is 0 Å². The Morgan fingerprint density at radius 1 is 1.00 bits per heavy atom. The molecule has 0 bridgehead atoms. The van der Waals surface area contributed by atoms with E-state index in [1.54, 1.807) is 0 Å². The standard InChI is InChI=1S/C6H16N2/c1-5(2)6(7-3)8-4/h5-8H,1-4H3. The van der Waals surface area contributed by atoms with Crippen molar-refractivity contribution in [3.8, 4) is 0 Å². The number of nitrogens with one attached hydrogen (secondary N) is 2. The second kappa shape index (κ2) is 3.87. The zero-order valence-corrected chi connectivity index (χ0v) is 6.15. The SMILES string of the molecule is CNC(NC)C(C)C. The van der Waals surface area contributed by atoms with Gasteiger partial charge in [0, 0.05) is 0 Å². The van der Waals surface area contributed by atoms with E-state index in [1.807, 2.05) is 14.1 Å². The highest BCUT2D eigenvalue weighted by Gasteiger charge is 2.04. The summed E-state index contributed by atoms with van der Waals surface area (Å²) in [5.41, 5.74) is 0. The Balaban J connectivity index is 3.35. The third-order valence-corrected chi connectivity index (χ3v) is 1.29. The van der Waals surface area contributed by atoms with Crippen molar-refractivity contribution < 1.29 is 0 Å². The van der Waals surface area contributed by atoms with E-state index in [0.717, 1.165) is 0 Å². The summed E-state index contributed by atoms with van der Waals surface area (Å²) in [5.74, 6) is 0.657. The molecule has 0 aliphatic rings. The summed E-state index contributed by atoms with van der Waals surface area (Å²) in [6.07, 6.45) is 0.454. The van der Waals surface area contributed by atoms with Crippen LogP contribution >= 0.6 is 0 Å². The van der Waals surface area contributed by atoms with E-state index in [-0.39, 0.29) is 0 Å². The van der Waals surface area contributed by atoms with E-state index in [2.05, 4.69) is 24.5 Å². The third-order valence-electron chi connectivity index (χ3n) is 1.29. The predicted molar refractivity (Wildman–Crippen MR) is 36.7 cm³/mol. The van der Waals surface area contributed by atoms with Gasteiger partial charge < -0.3 is 10.6 Å². The lowest BCUT2D eigenvalue weighted by Crippen LogP contribution is -2.41. The molecular formula is C6H16N2. The number of hydrogen-bond donors (Lipinski definition) is 2. The van der Waals surface area contributed by atoms with E-state index in [4.69, 9.17) is 0 Å². The van der Waals surface area contributed by atoms with Crippen molar-refractivity contribution in [3.63, 3.8) is 0 Å². The predicted octanol–water partition coefficient (Wildman–Crippen LogP) is 0.407. The quantitative estimate of drug-likeness (QED) is 0.522. The minimum absolute atomic E-state index is 0.454. The average molecular weight is 116 g/mol. The van der Waals surface area contributed by atoms with Crippen LogP contribution in [0.15, 0.2) is 0 Å². The second-order valence-corrected chi connectivity index (χ2v) is 2.30. The van der Waals surface area contributed by atoms with Gasteiger partial charge in [0.05, 0.1) is 6.17 Å². The molecule has 0 radical (unpaired) electrons. The molecule has 0 aliphatic carbocycles. The van der Waals surface area contributed by atoms with Crippen LogP contribution in [0.1, 0.15) is 13.8 Å². The molecule has 0 atom stereocenters. The van der Waals surface area contributed by atoms with Gasteiger partial charge in [-0.15, -0.1) is 0 Å². The molecule has 0 saturated heterocycles. The maximum absolute atomic E-state index is 3.14. The Morgan fingerprint density at radius 3 is 1.38 bits per heavy atom. The first-order chi connectivity index (χ1) is 3.72. The molecular weight excluding hydrogens is 100 g/mol. The van der Waals surface area contributed by atoms with Crippen molar-refractivity contribution in [2.75, 3.05) is 14.1 Å². The normalized spacial score (nSPS) is 11.2. The summed E-state index contributed by atoms with van der Waals surface area (Å²) in [6, 6.07) is 0. The van der Waals surface area contributed by atoms with E-state index in [9.17, 15) is 0 Å². The molecule has 0 aliphatic heterocycles. The Kier molecular flexibility index (Phi) is 3.83. The highest BCUT2D eigenvalue weighted by molar-refractivity contribution is 4.61. The van der Waals surface area contributed by atoms with Gasteiger partial charge in [-0.05, 0) is 20.0 Å². The molecule has 2 N–H and O–H groups in total. The van der Waals surface area contributed by atoms with Gasteiger partial charge in [0.15, 0.2) is 0 Å². The molecule has 0 aromatic carbocycles. The molecule has 8 heavy (non-hydrogen) atoms. The zero-order chi connectivity index (χ0) is 6.57. The molecule has 0 saturated carbocycles. The lowest BCUT2D eigenvalue weighted by molar-refractivity contribution is 0.379. The van der Waals surface area contributed by atoms with E-state index in [1.165, 1.54) is 0 Å². The van der Waals surface area contributed by atoms with Crippen LogP contribution in [0, 0.1) is 5.92 Å². The van der Waals surface area contributed by atoms with Crippen molar-refractivity contribution in [2.24, 2.45) is 5.92 Å². The first-order valence-corrected chi connectivity index (χ1v) is 3.07. The third kappa shape index (κ3) is 2.28. The van der Waals surface area contributed by atoms with Gasteiger partial charge in [0.2, 0.25) is 0 Å². The maximum Gasteiger partial charge on any atom is 0.0590 e. The van der Waals surface area contributed by atoms with E-state index >= 15 is 0 Å². The van der Waals surface area contributed by atoms with Gasteiger partial charge in [-0.25, -0.2) is 0 Å². The summed E-state index contributed by atoms with van der Waals surface area (Å²) in [5, 5.41) is 6.28. The maximum atomic E-state index is 3.14. The lowest BCUT2D eigenvalue weighted by Gasteiger charge is -2.18. The first kappa shape index (κ1) is 7.92. The van der Waals surface area contributed by atoms with E-state index in [0.29, 0.717) is 12.1 Å². The van der Waals surface area contributed by atoms with Crippen LogP contribution in [0.4, 0.5) is 0 Å². The van der Waals surface area contributed by atoms with Crippen molar-refractivity contribution in [1.82, 2.24) is 10.6 Å². The van der Waals surface area contributed by atoms with Crippen molar-refractivity contribution in [3.05, 3.63) is 0 Å². The Labute approximate surface area is 51.7 Å². The van der Waals surface area contributed by atoms with Crippen LogP contribution in [0.5, 0.6) is 0 Å². The molecule has 0 aromatic rings. The van der Waals surface area contributed by atoms with Gasteiger partial charge in [0.1, 0.15) is 0 Å².